The van der Waals surface area contributed by atoms with Gasteiger partial charge in [0, 0.05) is 18.7 Å². The summed E-state index contributed by atoms with van der Waals surface area (Å²) in [7, 11) is 0. The molecule has 0 N–H and O–H groups in total. The second kappa shape index (κ2) is 5.31. The Morgan fingerprint density at radius 2 is 2.20 bits per heavy atom. The molecule has 0 aromatic heterocycles. The maximum Gasteiger partial charge on any atom is 0.269 e. The van der Waals surface area contributed by atoms with Crippen molar-refractivity contribution in [2.45, 2.75) is 13.8 Å². The van der Waals surface area contributed by atoms with Gasteiger partial charge in [-0.25, -0.2) is 0 Å². The topological polar surface area (TPSA) is 61.6 Å². The number of benzene rings is 1. The molecule has 15 heavy (non-hydrogen) atoms. The Morgan fingerprint density at radius 3 is 2.73 bits per heavy atom. The quantitative estimate of drug-likeness (QED) is 0.324. The fourth-order valence-corrected chi connectivity index (χ4v) is 1.10. The highest BCUT2D eigenvalue weighted by molar-refractivity contribution is 5.42. The molecule has 0 radical (unpaired) electrons. The predicted octanol–water partition coefficient (Wildman–Crippen LogP) is 2.28. The first-order valence-corrected chi connectivity index (χ1v) is 4.60. The van der Waals surface area contributed by atoms with Gasteiger partial charge in [0.15, 0.2) is 6.79 Å². The molecule has 0 atom stereocenters. The van der Waals surface area contributed by atoms with Gasteiger partial charge in [-0.05, 0) is 25.5 Å². The molecule has 5 heteroatoms. The summed E-state index contributed by atoms with van der Waals surface area (Å²) in [6.45, 7) is 4.36. The van der Waals surface area contributed by atoms with Gasteiger partial charge in [0.25, 0.3) is 5.69 Å². The fourth-order valence-electron chi connectivity index (χ4n) is 1.10. The Hall–Kier alpha value is -1.62. The molecule has 0 heterocycles. The van der Waals surface area contributed by atoms with Gasteiger partial charge in [-0.2, -0.15) is 0 Å². The summed E-state index contributed by atoms with van der Waals surface area (Å²) >= 11 is 0. The third-order valence-electron chi connectivity index (χ3n) is 1.87. The van der Waals surface area contributed by atoms with Crippen LogP contribution in [-0.2, 0) is 4.74 Å². The number of nitrogens with zero attached hydrogens (tertiary/aromatic N) is 1. The Labute approximate surface area is 87.8 Å². The summed E-state index contributed by atoms with van der Waals surface area (Å²) in [5, 5.41) is 10.5. The molecule has 0 aliphatic heterocycles. The number of ether oxygens (including phenoxy) is 2. The molecule has 0 saturated carbocycles. The van der Waals surface area contributed by atoms with Crippen molar-refractivity contribution in [1.29, 1.82) is 0 Å². The summed E-state index contributed by atoms with van der Waals surface area (Å²) in [6.07, 6.45) is 0. The van der Waals surface area contributed by atoms with Crippen molar-refractivity contribution in [3.8, 4) is 5.75 Å². The molecule has 0 unspecified atom stereocenters. The monoisotopic (exact) mass is 211 g/mol. The molecule has 0 fully saturated rings. The van der Waals surface area contributed by atoms with E-state index in [0.29, 0.717) is 12.4 Å². The first kappa shape index (κ1) is 11.5. The highest BCUT2D eigenvalue weighted by atomic mass is 16.7. The fraction of sp³-hybridized carbons (Fsp3) is 0.400. The van der Waals surface area contributed by atoms with Gasteiger partial charge >= 0.3 is 0 Å². The Balaban J connectivity index is 2.70. The summed E-state index contributed by atoms with van der Waals surface area (Å²) in [4.78, 5) is 10.0. The Morgan fingerprint density at radius 1 is 1.47 bits per heavy atom. The first-order valence-electron chi connectivity index (χ1n) is 4.60. The zero-order valence-corrected chi connectivity index (χ0v) is 8.73. The molecule has 82 valence electrons. The number of nitro benzene ring substituents is 1. The normalized spacial score (nSPS) is 10.0. The summed E-state index contributed by atoms with van der Waals surface area (Å²) in [6, 6.07) is 4.46. The molecular formula is C10H13NO4. The zero-order chi connectivity index (χ0) is 11.3. The summed E-state index contributed by atoms with van der Waals surface area (Å²) < 4.78 is 10.3. The number of hydrogen-bond donors (Lipinski definition) is 0. The van der Waals surface area contributed by atoms with Crippen molar-refractivity contribution in [2.24, 2.45) is 0 Å². The van der Waals surface area contributed by atoms with Crippen molar-refractivity contribution in [2.75, 3.05) is 13.4 Å². The van der Waals surface area contributed by atoms with Crippen molar-refractivity contribution in [1.82, 2.24) is 0 Å². The molecular weight excluding hydrogens is 198 g/mol. The largest absolute Gasteiger partial charge is 0.467 e. The summed E-state index contributed by atoms with van der Waals surface area (Å²) in [5.74, 6) is 0.606. The maximum atomic E-state index is 10.5. The van der Waals surface area contributed by atoms with E-state index in [9.17, 15) is 10.1 Å². The van der Waals surface area contributed by atoms with Crippen molar-refractivity contribution < 1.29 is 14.4 Å². The van der Waals surface area contributed by atoms with Crippen LogP contribution in [0.15, 0.2) is 18.2 Å². The van der Waals surface area contributed by atoms with Crippen molar-refractivity contribution >= 4 is 5.69 Å². The number of nitro groups is 1. The third-order valence-corrected chi connectivity index (χ3v) is 1.87. The van der Waals surface area contributed by atoms with E-state index < -0.39 is 4.92 Å². The average Bonchev–Trinajstić information content (AvgIpc) is 2.20. The molecule has 1 rings (SSSR count). The van der Waals surface area contributed by atoms with Crippen molar-refractivity contribution in [3.05, 3.63) is 33.9 Å². The van der Waals surface area contributed by atoms with Crippen LogP contribution in [0, 0.1) is 17.0 Å². The highest BCUT2D eigenvalue weighted by Crippen LogP contribution is 2.22. The lowest BCUT2D eigenvalue weighted by Gasteiger charge is -2.07. The molecule has 0 bridgehead atoms. The molecule has 1 aromatic rings. The van der Waals surface area contributed by atoms with Crippen LogP contribution in [0.3, 0.4) is 0 Å². The smallest absolute Gasteiger partial charge is 0.269 e. The number of aryl methyl sites for hydroxylation is 1. The van der Waals surface area contributed by atoms with E-state index in [2.05, 4.69) is 0 Å². The zero-order valence-electron chi connectivity index (χ0n) is 8.73. The van der Waals surface area contributed by atoms with Crippen LogP contribution < -0.4 is 4.74 Å². The van der Waals surface area contributed by atoms with Gasteiger partial charge in [-0.3, -0.25) is 10.1 Å². The van der Waals surface area contributed by atoms with Gasteiger partial charge < -0.3 is 9.47 Å². The Kier molecular flexibility index (Phi) is 4.05. The van der Waals surface area contributed by atoms with Crippen LogP contribution in [0.5, 0.6) is 5.75 Å². The molecule has 0 amide bonds. The highest BCUT2D eigenvalue weighted by Gasteiger charge is 2.08. The van der Waals surface area contributed by atoms with Crippen LogP contribution in [0.25, 0.3) is 0 Å². The van der Waals surface area contributed by atoms with Crippen molar-refractivity contribution in [3.63, 3.8) is 0 Å². The molecule has 0 aliphatic carbocycles. The Bertz CT molecular complexity index is 351. The third kappa shape index (κ3) is 3.21. The lowest BCUT2D eigenvalue weighted by Crippen LogP contribution is -2.03. The van der Waals surface area contributed by atoms with Gasteiger partial charge in [-0.1, -0.05) is 0 Å². The number of hydrogen-bond acceptors (Lipinski definition) is 4. The summed E-state index contributed by atoms with van der Waals surface area (Å²) in [5.41, 5.74) is 0.792. The van der Waals surface area contributed by atoms with E-state index in [0.717, 1.165) is 5.56 Å². The molecule has 5 nitrogen and oxygen atoms in total. The van der Waals surface area contributed by atoms with Crippen LogP contribution in [0.4, 0.5) is 5.69 Å². The predicted molar refractivity (Wildman–Crippen MR) is 55.0 cm³/mol. The van der Waals surface area contributed by atoms with Gasteiger partial charge in [-0.15, -0.1) is 0 Å². The van der Waals surface area contributed by atoms with E-state index in [1.54, 1.807) is 13.0 Å². The minimum Gasteiger partial charge on any atom is -0.467 e. The van der Waals surface area contributed by atoms with E-state index >= 15 is 0 Å². The maximum absolute atomic E-state index is 10.5. The second-order valence-corrected chi connectivity index (χ2v) is 2.96. The van der Waals surface area contributed by atoms with Gasteiger partial charge in [0.2, 0.25) is 0 Å². The number of non-ortho nitro benzene ring substituents is 1. The van der Waals surface area contributed by atoms with E-state index in [1.807, 2.05) is 6.92 Å². The van der Waals surface area contributed by atoms with Crippen LogP contribution >= 0.6 is 0 Å². The van der Waals surface area contributed by atoms with Crippen LogP contribution in [-0.4, -0.2) is 18.3 Å². The van der Waals surface area contributed by atoms with E-state index in [4.69, 9.17) is 9.47 Å². The SMILES string of the molecule is CCOCOc1ccc([N+](=O)[O-])cc1C. The van der Waals surface area contributed by atoms with Crippen LogP contribution in [0.2, 0.25) is 0 Å². The molecule has 0 spiro atoms. The molecule has 1 aromatic carbocycles. The standard InChI is InChI=1S/C10H13NO4/c1-3-14-7-15-10-5-4-9(11(12)13)6-8(10)2/h4-6H,3,7H2,1-2H3. The minimum atomic E-state index is -0.431. The minimum absolute atomic E-state index is 0.0660. The molecule has 0 saturated heterocycles. The van der Waals surface area contributed by atoms with Gasteiger partial charge in [0.05, 0.1) is 4.92 Å². The lowest BCUT2D eigenvalue weighted by molar-refractivity contribution is -0.384. The van der Waals surface area contributed by atoms with E-state index in [-0.39, 0.29) is 12.5 Å². The van der Waals surface area contributed by atoms with E-state index in [1.165, 1.54) is 12.1 Å². The lowest BCUT2D eigenvalue weighted by atomic mass is 10.2. The first-order chi connectivity index (χ1) is 7.15. The van der Waals surface area contributed by atoms with Crippen LogP contribution in [0.1, 0.15) is 12.5 Å². The molecule has 0 aliphatic rings. The van der Waals surface area contributed by atoms with Gasteiger partial charge in [0.1, 0.15) is 5.75 Å². The number of rotatable bonds is 5. The second-order valence-electron chi connectivity index (χ2n) is 2.96. The average molecular weight is 211 g/mol.